The Labute approximate surface area is 116 Å². The molecular formula is C14H26N4O. The maximum absolute atomic E-state index is 5.25. The molecule has 1 unspecified atom stereocenters. The Morgan fingerprint density at radius 1 is 1.47 bits per heavy atom. The molecule has 0 radical (unpaired) electrons. The number of anilines is 1. The number of hydrogen-bond acceptors (Lipinski definition) is 5. The third kappa shape index (κ3) is 2.91. The Balaban J connectivity index is 1.98. The van der Waals surface area contributed by atoms with Crippen LogP contribution < -0.4 is 4.90 Å². The standard InChI is InChI=1S/C14H26N4O/c1-6-7-12-15-13(16-19-12)17(4)10-11-8-9-18(5)14(11,2)3/h11H,6-10H2,1-5H3. The minimum Gasteiger partial charge on any atom is -0.341 e. The van der Waals surface area contributed by atoms with E-state index in [9.17, 15) is 0 Å². The number of likely N-dealkylation sites (tertiary alicyclic amines) is 1. The largest absolute Gasteiger partial charge is 0.341 e. The van der Waals surface area contributed by atoms with E-state index in [1.807, 2.05) is 0 Å². The van der Waals surface area contributed by atoms with Crippen LogP contribution in [0, 0.1) is 5.92 Å². The van der Waals surface area contributed by atoms with E-state index in [1.165, 1.54) is 13.0 Å². The lowest BCUT2D eigenvalue weighted by atomic mass is 9.88. The predicted molar refractivity (Wildman–Crippen MR) is 76.4 cm³/mol. The quantitative estimate of drug-likeness (QED) is 0.817. The molecule has 1 saturated heterocycles. The number of aryl methyl sites for hydroxylation is 1. The Morgan fingerprint density at radius 2 is 2.21 bits per heavy atom. The van der Waals surface area contributed by atoms with Gasteiger partial charge in [-0.05, 0) is 51.4 Å². The maximum atomic E-state index is 5.25. The molecule has 0 spiro atoms. The lowest BCUT2D eigenvalue weighted by Crippen LogP contribution is -2.43. The van der Waals surface area contributed by atoms with Crippen LogP contribution in [0.2, 0.25) is 0 Å². The van der Waals surface area contributed by atoms with Crippen LogP contribution in [0.1, 0.15) is 39.5 Å². The van der Waals surface area contributed by atoms with Crippen molar-refractivity contribution in [1.82, 2.24) is 15.0 Å². The number of aromatic nitrogens is 2. The van der Waals surface area contributed by atoms with Gasteiger partial charge in [0.05, 0.1) is 0 Å². The summed E-state index contributed by atoms with van der Waals surface area (Å²) in [5, 5.41) is 4.07. The first kappa shape index (κ1) is 14.3. The van der Waals surface area contributed by atoms with Gasteiger partial charge in [0.1, 0.15) is 0 Å². The van der Waals surface area contributed by atoms with Crippen LogP contribution in [0.4, 0.5) is 5.95 Å². The summed E-state index contributed by atoms with van der Waals surface area (Å²) in [4.78, 5) is 9.00. The summed E-state index contributed by atoms with van der Waals surface area (Å²) in [6.07, 6.45) is 3.12. The van der Waals surface area contributed by atoms with Gasteiger partial charge in [0.2, 0.25) is 5.89 Å². The van der Waals surface area contributed by atoms with Crippen molar-refractivity contribution >= 4 is 5.95 Å². The highest BCUT2D eigenvalue weighted by Crippen LogP contribution is 2.33. The van der Waals surface area contributed by atoms with E-state index in [0.29, 0.717) is 11.9 Å². The first-order valence-electron chi connectivity index (χ1n) is 7.20. The van der Waals surface area contributed by atoms with Crippen molar-refractivity contribution in [2.75, 3.05) is 32.1 Å². The Bertz CT molecular complexity index is 415. The number of nitrogens with zero attached hydrogens (tertiary/aromatic N) is 4. The van der Waals surface area contributed by atoms with E-state index in [1.54, 1.807) is 0 Å². The molecule has 1 aliphatic heterocycles. The fourth-order valence-electron chi connectivity index (χ4n) is 2.75. The summed E-state index contributed by atoms with van der Waals surface area (Å²) >= 11 is 0. The van der Waals surface area contributed by atoms with Crippen molar-refractivity contribution in [1.29, 1.82) is 0 Å². The van der Waals surface area contributed by atoms with Gasteiger partial charge in [-0.1, -0.05) is 6.92 Å². The van der Waals surface area contributed by atoms with Gasteiger partial charge < -0.3 is 14.3 Å². The molecule has 1 aliphatic rings. The minimum absolute atomic E-state index is 0.240. The maximum Gasteiger partial charge on any atom is 0.265 e. The molecule has 1 aromatic heterocycles. The number of rotatable bonds is 5. The SMILES string of the molecule is CCCc1nc(N(C)CC2CCN(C)C2(C)C)no1. The van der Waals surface area contributed by atoms with Crippen LogP contribution in [0.25, 0.3) is 0 Å². The zero-order chi connectivity index (χ0) is 14.0. The molecule has 19 heavy (non-hydrogen) atoms. The van der Waals surface area contributed by atoms with Gasteiger partial charge in [-0.3, -0.25) is 0 Å². The zero-order valence-electron chi connectivity index (χ0n) is 12.8. The highest BCUT2D eigenvalue weighted by atomic mass is 16.5. The van der Waals surface area contributed by atoms with E-state index in [2.05, 4.69) is 54.8 Å². The smallest absolute Gasteiger partial charge is 0.265 e. The second kappa shape index (κ2) is 5.49. The molecule has 108 valence electrons. The lowest BCUT2D eigenvalue weighted by Gasteiger charge is -2.35. The van der Waals surface area contributed by atoms with Crippen LogP contribution in [0.15, 0.2) is 4.52 Å². The normalized spacial score (nSPS) is 22.9. The molecule has 0 bridgehead atoms. The summed E-state index contributed by atoms with van der Waals surface area (Å²) in [7, 11) is 4.25. The lowest BCUT2D eigenvalue weighted by molar-refractivity contribution is 0.174. The molecule has 2 heterocycles. The number of hydrogen-bond donors (Lipinski definition) is 0. The fraction of sp³-hybridized carbons (Fsp3) is 0.857. The first-order chi connectivity index (χ1) is 8.95. The van der Waals surface area contributed by atoms with Gasteiger partial charge in [0, 0.05) is 25.6 Å². The van der Waals surface area contributed by atoms with Crippen LogP contribution in [0.3, 0.4) is 0 Å². The Morgan fingerprint density at radius 3 is 2.79 bits per heavy atom. The van der Waals surface area contributed by atoms with Crippen molar-refractivity contribution < 1.29 is 4.52 Å². The van der Waals surface area contributed by atoms with Gasteiger partial charge in [-0.15, -0.1) is 0 Å². The minimum atomic E-state index is 0.240. The third-order valence-corrected chi connectivity index (χ3v) is 4.55. The highest BCUT2D eigenvalue weighted by Gasteiger charge is 2.39. The van der Waals surface area contributed by atoms with Crippen molar-refractivity contribution in [2.45, 2.75) is 45.6 Å². The van der Waals surface area contributed by atoms with Crippen molar-refractivity contribution in [2.24, 2.45) is 5.92 Å². The van der Waals surface area contributed by atoms with Gasteiger partial charge in [0.25, 0.3) is 5.95 Å². The second-order valence-electron chi connectivity index (χ2n) is 6.18. The topological polar surface area (TPSA) is 45.4 Å². The molecular weight excluding hydrogens is 240 g/mol. The third-order valence-electron chi connectivity index (χ3n) is 4.55. The van der Waals surface area contributed by atoms with E-state index in [-0.39, 0.29) is 5.54 Å². The van der Waals surface area contributed by atoms with Crippen molar-refractivity contribution in [3.63, 3.8) is 0 Å². The predicted octanol–water partition coefficient (Wildman–Crippen LogP) is 2.19. The summed E-state index contributed by atoms with van der Waals surface area (Å²) in [6.45, 7) is 8.89. The van der Waals surface area contributed by atoms with E-state index in [0.717, 1.165) is 25.3 Å². The zero-order valence-corrected chi connectivity index (χ0v) is 12.8. The summed E-state index contributed by atoms with van der Waals surface area (Å²) in [5.74, 6) is 2.09. The van der Waals surface area contributed by atoms with Crippen LogP contribution in [-0.2, 0) is 6.42 Å². The van der Waals surface area contributed by atoms with Crippen LogP contribution in [0.5, 0.6) is 0 Å². The molecule has 0 aliphatic carbocycles. The van der Waals surface area contributed by atoms with E-state index >= 15 is 0 Å². The molecule has 0 aromatic carbocycles. The van der Waals surface area contributed by atoms with Gasteiger partial charge in [0.15, 0.2) is 0 Å². The average molecular weight is 266 g/mol. The van der Waals surface area contributed by atoms with Crippen molar-refractivity contribution in [3.05, 3.63) is 5.89 Å². The van der Waals surface area contributed by atoms with Gasteiger partial charge in [-0.25, -0.2) is 0 Å². The van der Waals surface area contributed by atoms with Gasteiger partial charge in [-0.2, -0.15) is 4.98 Å². The molecule has 1 atom stereocenters. The molecule has 0 amide bonds. The summed E-state index contributed by atoms with van der Waals surface area (Å²) in [5.41, 5.74) is 0.240. The Kier molecular flexibility index (Phi) is 4.13. The molecule has 1 fully saturated rings. The van der Waals surface area contributed by atoms with Crippen molar-refractivity contribution in [3.8, 4) is 0 Å². The molecule has 5 heteroatoms. The summed E-state index contributed by atoms with van der Waals surface area (Å²) in [6, 6.07) is 0. The second-order valence-corrected chi connectivity index (χ2v) is 6.18. The first-order valence-corrected chi connectivity index (χ1v) is 7.20. The fourth-order valence-corrected chi connectivity index (χ4v) is 2.75. The molecule has 2 rings (SSSR count). The van der Waals surface area contributed by atoms with E-state index in [4.69, 9.17) is 4.52 Å². The van der Waals surface area contributed by atoms with Crippen LogP contribution >= 0.6 is 0 Å². The molecule has 0 saturated carbocycles. The highest BCUT2D eigenvalue weighted by molar-refractivity contribution is 5.26. The van der Waals surface area contributed by atoms with E-state index < -0.39 is 0 Å². The Hall–Kier alpha value is -1.10. The summed E-state index contributed by atoms with van der Waals surface area (Å²) < 4.78 is 5.25. The average Bonchev–Trinajstić information content (AvgIpc) is 2.90. The van der Waals surface area contributed by atoms with Crippen LogP contribution in [-0.4, -0.2) is 47.8 Å². The molecule has 5 nitrogen and oxygen atoms in total. The van der Waals surface area contributed by atoms with Gasteiger partial charge >= 0.3 is 0 Å². The monoisotopic (exact) mass is 266 g/mol. The molecule has 1 aromatic rings. The molecule has 0 N–H and O–H groups in total.